The fraction of sp³-hybridized carbons (Fsp3) is 0.406. The first-order chi connectivity index (χ1) is 19.9. The SMILES string of the molecule is CCCc1nc(O)c(Cc2cc3cc(OCC4CC4)ccc3nc2NCCNC(C)=O)c2cc(OC)c(OC)cc12.Cl.Cl. The minimum atomic E-state index is -0.0868. The minimum absolute atomic E-state index is 0. The largest absolute Gasteiger partial charge is 0.493 e. The summed E-state index contributed by atoms with van der Waals surface area (Å²) < 4.78 is 17.2. The Bertz CT molecular complexity index is 1580. The number of pyridine rings is 2. The number of nitrogens with zero attached hydrogens (tertiary/aromatic N) is 2. The first-order valence-electron chi connectivity index (χ1n) is 14.2. The highest BCUT2D eigenvalue weighted by molar-refractivity contribution is 5.93. The Labute approximate surface area is 264 Å². The molecular formula is C32H40Cl2N4O5. The number of rotatable bonds is 13. The monoisotopic (exact) mass is 630 g/mol. The zero-order valence-electron chi connectivity index (χ0n) is 25.0. The molecule has 0 radical (unpaired) electrons. The molecule has 3 N–H and O–H groups in total. The average molecular weight is 632 g/mol. The Morgan fingerprint density at radius 1 is 1.00 bits per heavy atom. The number of ether oxygens (including phenoxy) is 3. The number of anilines is 1. The fourth-order valence-corrected chi connectivity index (χ4v) is 5.03. The summed E-state index contributed by atoms with van der Waals surface area (Å²) in [5.41, 5.74) is 3.20. The van der Waals surface area contributed by atoms with E-state index in [0.717, 1.165) is 58.1 Å². The molecule has 0 spiro atoms. The summed E-state index contributed by atoms with van der Waals surface area (Å²) in [5, 5.41) is 20.1. The van der Waals surface area contributed by atoms with E-state index in [1.807, 2.05) is 30.3 Å². The number of aromatic hydroxyl groups is 1. The molecule has 2 aromatic carbocycles. The predicted molar refractivity (Wildman–Crippen MR) is 175 cm³/mol. The summed E-state index contributed by atoms with van der Waals surface area (Å²) in [6, 6.07) is 11.9. The van der Waals surface area contributed by atoms with Gasteiger partial charge in [0.1, 0.15) is 11.6 Å². The molecule has 0 bridgehead atoms. The second-order valence-electron chi connectivity index (χ2n) is 10.6. The third-order valence-corrected chi connectivity index (χ3v) is 7.36. The van der Waals surface area contributed by atoms with Crippen LogP contribution in [-0.2, 0) is 17.6 Å². The van der Waals surface area contributed by atoms with Crippen LogP contribution in [0.2, 0.25) is 0 Å². The molecule has 11 heteroatoms. The molecule has 9 nitrogen and oxygen atoms in total. The van der Waals surface area contributed by atoms with Crippen molar-refractivity contribution < 1.29 is 24.1 Å². The van der Waals surface area contributed by atoms with Gasteiger partial charge in [-0.15, -0.1) is 24.8 Å². The maximum absolute atomic E-state index is 11.4. The second-order valence-corrected chi connectivity index (χ2v) is 10.6. The molecule has 1 aliphatic rings. The molecule has 0 unspecified atom stereocenters. The third-order valence-electron chi connectivity index (χ3n) is 7.36. The van der Waals surface area contributed by atoms with Gasteiger partial charge < -0.3 is 30.0 Å². The van der Waals surface area contributed by atoms with E-state index < -0.39 is 0 Å². The highest BCUT2D eigenvalue weighted by atomic mass is 35.5. The average Bonchev–Trinajstić information content (AvgIpc) is 3.80. The highest BCUT2D eigenvalue weighted by Crippen LogP contribution is 2.39. The molecule has 4 aromatic rings. The number of halogens is 2. The summed E-state index contributed by atoms with van der Waals surface area (Å²) in [6.07, 6.45) is 4.43. The molecule has 1 aliphatic carbocycles. The summed E-state index contributed by atoms with van der Waals surface area (Å²) in [4.78, 5) is 20.9. The van der Waals surface area contributed by atoms with Crippen molar-refractivity contribution in [2.45, 2.75) is 46.0 Å². The van der Waals surface area contributed by atoms with Crippen LogP contribution in [0.3, 0.4) is 0 Å². The number of aromatic nitrogens is 2. The van der Waals surface area contributed by atoms with Gasteiger partial charge in [0, 0.05) is 42.8 Å². The standard InChI is InChI=1S/C32H38N4O5.2ClH/c1-5-6-28-25-17-30(40-4)29(39-3)16-24(25)26(32(38)36-28)15-22-13-21-14-23(41-18-20-7-8-20)9-10-27(21)35-31(22)34-12-11-33-19(2)37;;/h9-10,13-14,16-17,20H,5-8,11-12,15,18H2,1-4H3,(H,33,37)(H,34,35)(H,36,38);2*1H. The smallest absolute Gasteiger partial charge is 0.216 e. The van der Waals surface area contributed by atoms with Gasteiger partial charge in [0.15, 0.2) is 11.5 Å². The van der Waals surface area contributed by atoms with Crippen LogP contribution in [0.15, 0.2) is 36.4 Å². The Hall–Kier alpha value is -3.69. The number of hydrogen-bond donors (Lipinski definition) is 3. The third kappa shape index (κ3) is 8.03. The van der Waals surface area contributed by atoms with Gasteiger partial charge in [0.2, 0.25) is 11.8 Å². The van der Waals surface area contributed by atoms with Gasteiger partial charge in [-0.3, -0.25) is 4.79 Å². The van der Waals surface area contributed by atoms with E-state index in [2.05, 4.69) is 28.6 Å². The van der Waals surface area contributed by atoms with Gasteiger partial charge in [0.05, 0.1) is 32.0 Å². The van der Waals surface area contributed by atoms with Gasteiger partial charge in [0.25, 0.3) is 0 Å². The quantitative estimate of drug-likeness (QED) is 0.149. The molecule has 0 saturated heterocycles. The molecule has 232 valence electrons. The molecule has 2 heterocycles. The van der Waals surface area contributed by atoms with E-state index in [9.17, 15) is 9.90 Å². The summed E-state index contributed by atoms with van der Waals surface area (Å²) >= 11 is 0. The zero-order valence-corrected chi connectivity index (χ0v) is 26.6. The van der Waals surface area contributed by atoms with Crippen LogP contribution in [0.25, 0.3) is 21.7 Å². The molecule has 5 rings (SSSR count). The topological polar surface area (TPSA) is 115 Å². The van der Waals surface area contributed by atoms with Gasteiger partial charge >= 0.3 is 0 Å². The number of nitrogens with one attached hydrogen (secondary N) is 2. The molecular weight excluding hydrogens is 591 g/mol. The van der Waals surface area contributed by atoms with Crippen molar-refractivity contribution in [2.24, 2.45) is 5.92 Å². The maximum atomic E-state index is 11.4. The molecule has 2 aromatic heterocycles. The van der Waals surface area contributed by atoms with Gasteiger partial charge in [-0.1, -0.05) is 13.3 Å². The van der Waals surface area contributed by atoms with Crippen molar-refractivity contribution >= 4 is 58.2 Å². The highest BCUT2D eigenvalue weighted by Gasteiger charge is 2.22. The van der Waals surface area contributed by atoms with Crippen molar-refractivity contribution in [1.82, 2.24) is 15.3 Å². The first kappa shape index (κ1) is 33.8. The van der Waals surface area contributed by atoms with Crippen molar-refractivity contribution in [3.05, 3.63) is 53.2 Å². The van der Waals surface area contributed by atoms with Crippen LogP contribution in [-0.4, -0.2) is 54.9 Å². The van der Waals surface area contributed by atoms with Crippen molar-refractivity contribution in [1.29, 1.82) is 0 Å². The van der Waals surface area contributed by atoms with Crippen LogP contribution < -0.4 is 24.8 Å². The predicted octanol–water partition coefficient (Wildman–Crippen LogP) is 6.23. The molecule has 43 heavy (non-hydrogen) atoms. The molecule has 0 aliphatic heterocycles. The van der Waals surface area contributed by atoms with Gasteiger partial charge in [-0.2, -0.15) is 0 Å². The van der Waals surface area contributed by atoms with E-state index in [-0.39, 0.29) is 36.6 Å². The summed E-state index contributed by atoms with van der Waals surface area (Å²) in [7, 11) is 3.21. The number of carbonyl (C=O) groups is 1. The number of carbonyl (C=O) groups excluding carboxylic acids is 1. The van der Waals surface area contributed by atoms with Crippen LogP contribution in [0.5, 0.6) is 23.1 Å². The lowest BCUT2D eigenvalue weighted by Gasteiger charge is -2.18. The van der Waals surface area contributed by atoms with Crippen LogP contribution >= 0.6 is 24.8 Å². The number of methoxy groups -OCH3 is 2. The lowest BCUT2D eigenvalue weighted by atomic mass is 9.96. The number of aryl methyl sites for hydroxylation is 1. The Kier molecular flexibility index (Phi) is 11.9. The Morgan fingerprint density at radius 3 is 2.37 bits per heavy atom. The molecule has 1 saturated carbocycles. The van der Waals surface area contributed by atoms with Crippen molar-refractivity contribution in [3.63, 3.8) is 0 Å². The lowest BCUT2D eigenvalue weighted by Crippen LogP contribution is -2.26. The summed E-state index contributed by atoms with van der Waals surface area (Å²) in [5.74, 6) is 3.25. The summed E-state index contributed by atoms with van der Waals surface area (Å²) in [6.45, 7) is 5.27. The van der Waals surface area contributed by atoms with Crippen LogP contribution in [0, 0.1) is 5.92 Å². The van der Waals surface area contributed by atoms with Crippen LogP contribution in [0.4, 0.5) is 5.82 Å². The van der Waals surface area contributed by atoms with E-state index in [0.29, 0.717) is 48.3 Å². The van der Waals surface area contributed by atoms with E-state index in [1.165, 1.54) is 19.8 Å². The zero-order chi connectivity index (χ0) is 28.9. The Morgan fingerprint density at radius 2 is 1.72 bits per heavy atom. The van der Waals surface area contributed by atoms with E-state index in [4.69, 9.17) is 19.2 Å². The number of fused-ring (bicyclic) bond motifs is 2. The number of amides is 1. The van der Waals surface area contributed by atoms with E-state index >= 15 is 0 Å². The normalized spacial score (nSPS) is 12.3. The molecule has 0 atom stereocenters. The minimum Gasteiger partial charge on any atom is -0.493 e. The van der Waals surface area contributed by atoms with Gasteiger partial charge in [-0.05, 0) is 72.5 Å². The van der Waals surface area contributed by atoms with Crippen molar-refractivity contribution in [2.75, 3.05) is 39.2 Å². The maximum Gasteiger partial charge on any atom is 0.216 e. The van der Waals surface area contributed by atoms with E-state index in [1.54, 1.807) is 14.2 Å². The van der Waals surface area contributed by atoms with Gasteiger partial charge in [-0.25, -0.2) is 9.97 Å². The fourth-order valence-electron chi connectivity index (χ4n) is 5.03. The number of benzene rings is 2. The number of hydrogen-bond acceptors (Lipinski definition) is 8. The Balaban J connectivity index is 0.00000253. The van der Waals surface area contributed by atoms with Crippen LogP contribution in [0.1, 0.15) is 49.9 Å². The molecule has 1 amide bonds. The lowest BCUT2D eigenvalue weighted by molar-refractivity contribution is -0.118. The van der Waals surface area contributed by atoms with Crippen molar-refractivity contribution in [3.8, 4) is 23.1 Å². The molecule has 1 fully saturated rings. The first-order valence-corrected chi connectivity index (χ1v) is 14.2. The second kappa shape index (κ2) is 15.2.